The Morgan fingerprint density at radius 2 is 1.56 bits per heavy atom. The third kappa shape index (κ3) is 5.73. The van der Waals surface area contributed by atoms with E-state index in [0.717, 1.165) is 5.56 Å². The molecule has 2 aromatic rings. The van der Waals surface area contributed by atoms with Crippen LogP contribution in [0.5, 0.6) is 0 Å². The molecule has 0 spiro atoms. The van der Waals surface area contributed by atoms with Crippen molar-refractivity contribution in [3.8, 4) is 0 Å². The number of amides is 2. The second-order valence-corrected chi connectivity index (χ2v) is 5.62. The highest BCUT2D eigenvalue weighted by molar-refractivity contribution is 6.07. The molecule has 0 saturated heterocycles. The molecule has 0 fully saturated rings. The Morgan fingerprint density at radius 3 is 2.16 bits per heavy atom. The Labute approximate surface area is 146 Å². The van der Waals surface area contributed by atoms with E-state index in [4.69, 9.17) is 0 Å². The molecule has 0 radical (unpaired) electrons. The molecule has 0 aromatic heterocycles. The van der Waals surface area contributed by atoms with Gasteiger partial charge >= 0.3 is 0 Å². The summed E-state index contributed by atoms with van der Waals surface area (Å²) in [6, 6.07) is 16.1. The molecule has 0 bridgehead atoms. The Bertz CT molecular complexity index is 793. The molecule has 2 N–H and O–H groups in total. The molecule has 0 unspecified atom stereocenters. The minimum absolute atomic E-state index is 0.0379. The maximum atomic E-state index is 12.1. The fourth-order valence-corrected chi connectivity index (χ4v) is 2.12. The summed E-state index contributed by atoms with van der Waals surface area (Å²) in [6.45, 7) is 3.45. The maximum Gasteiger partial charge on any atom is 0.251 e. The number of hydrogen-bond donors (Lipinski definition) is 2. The largest absolute Gasteiger partial charge is 0.348 e. The summed E-state index contributed by atoms with van der Waals surface area (Å²) in [6.07, 6.45) is 1.27. The summed E-state index contributed by atoms with van der Waals surface area (Å²) in [4.78, 5) is 35.2. The number of hydrogen-bond acceptors (Lipinski definition) is 3. The van der Waals surface area contributed by atoms with Gasteiger partial charge in [0.1, 0.15) is 0 Å². The quantitative estimate of drug-likeness (QED) is 0.629. The van der Waals surface area contributed by atoms with Crippen LogP contribution in [0.4, 0.5) is 5.69 Å². The first kappa shape index (κ1) is 18.1. The van der Waals surface area contributed by atoms with Crippen molar-refractivity contribution in [1.29, 1.82) is 0 Å². The number of carbonyl (C=O) groups excluding carboxylic acids is 3. The topological polar surface area (TPSA) is 75.3 Å². The molecule has 0 heterocycles. The van der Waals surface area contributed by atoms with Gasteiger partial charge in [-0.05, 0) is 43.7 Å². The van der Waals surface area contributed by atoms with Crippen molar-refractivity contribution in [3.05, 3.63) is 77.4 Å². The highest BCUT2D eigenvalue weighted by atomic mass is 16.2. The van der Waals surface area contributed by atoms with Crippen LogP contribution in [-0.4, -0.2) is 17.6 Å². The highest BCUT2D eigenvalue weighted by Gasteiger charge is 2.08. The lowest BCUT2D eigenvalue weighted by Crippen LogP contribution is -2.22. The predicted octanol–water partition coefficient (Wildman–Crippen LogP) is 3.09. The van der Waals surface area contributed by atoms with Crippen molar-refractivity contribution in [3.63, 3.8) is 0 Å². The van der Waals surface area contributed by atoms with Gasteiger partial charge in [0.05, 0.1) is 0 Å². The van der Waals surface area contributed by atoms with Gasteiger partial charge in [0.2, 0.25) is 5.91 Å². The average Bonchev–Trinajstić information content (AvgIpc) is 2.61. The van der Waals surface area contributed by atoms with Crippen LogP contribution < -0.4 is 10.6 Å². The number of anilines is 1. The van der Waals surface area contributed by atoms with E-state index in [9.17, 15) is 14.4 Å². The second kappa shape index (κ2) is 8.59. The van der Waals surface area contributed by atoms with Crippen LogP contribution in [0, 0.1) is 0 Å². The van der Waals surface area contributed by atoms with Crippen LogP contribution in [0.15, 0.2) is 66.2 Å². The second-order valence-electron chi connectivity index (χ2n) is 5.62. The Hall–Kier alpha value is -3.21. The minimum Gasteiger partial charge on any atom is -0.348 e. The van der Waals surface area contributed by atoms with Crippen LogP contribution >= 0.6 is 0 Å². The number of carbonyl (C=O) groups is 3. The average molecular weight is 336 g/mol. The zero-order valence-corrected chi connectivity index (χ0v) is 14.2. The fourth-order valence-electron chi connectivity index (χ4n) is 2.12. The molecule has 5 nitrogen and oxygen atoms in total. The summed E-state index contributed by atoms with van der Waals surface area (Å²) < 4.78 is 0. The summed E-state index contributed by atoms with van der Waals surface area (Å²) in [7, 11) is 0. The van der Waals surface area contributed by atoms with Crippen LogP contribution in [0.3, 0.4) is 0 Å². The molecule has 2 rings (SSSR count). The van der Waals surface area contributed by atoms with Crippen LogP contribution in [0.2, 0.25) is 0 Å². The zero-order chi connectivity index (χ0) is 18.2. The third-order valence-corrected chi connectivity index (χ3v) is 3.56. The van der Waals surface area contributed by atoms with E-state index in [1.165, 1.54) is 13.0 Å². The third-order valence-electron chi connectivity index (χ3n) is 3.56. The van der Waals surface area contributed by atoms with Gasteiger partial charge in [-0.1, -0.05) is 30.3 Å². The van der Waals surface area contributed by atoms with Gasteiger partial charge in [-0.2, -0.15) is 0 Å². The van der Waals surface area contributed by atoms with Crippen LogP contribution in [-0.2, 0) is 16.1 Å². The molecule has 2 amide bonds. The lowest BCUT2D eigenvalue weighted by atomic mass is 10.1. The standard InChI is InChI=1S/C20H20N2O3/c1-14(12-19(24)21-13-16-6-4-3-5-7-16)20(25)22-18-10-8-17(9-11-18)15(2)23/h3-12H,13H2,1-2H3,(H,21,24)(H,22,25)/b14-12-. The minimum atomic E-state index is -0.370. The molecule has 25 heavy (non-hydrogen) atoms. The normalized spacial score (nSPS) is 10.9. The van der Waals surface area contributed by atoms with E-state index in [1.54, 1.807) is 31.2 Å². The first-order valence-corrected chi connectivity index (χ1v) is 7.88. The lowest BCUT2D eigenvalue weighted by molar-refractivity contribution is -0.117. The summed E-state index contributed by atoms with van der Waals surface area (Å²) in [5.41, 5.74) is 2.41. The monoisotopic (exact) mass is 336 g/mol. The van der Waals surface area contributed by atoms with Gasteiger partial charge in [0.15, 0.2) is 5.78 Å². The molecule has 2 aromatic carbocycles. The molecular formula is C20H20N2O3. The van der Waals surface area contributed by atoms with Gasteiger partial charge in [0.25, 0.3) is 5.91 Å². The first-order chi connectivity index (χ1) is 12.0. The molecular weight excluding hydrogens is 316 g/mol. The number of ketones is 1. The van der Waals surface area contributed by atoms with Crippen molar-refractivity contribution in [2.45, 2.75) is 20.4 Å². The van der Waals surface area contributed by atoms with E-state index in [1.807, 2.05) is 30.3 Å². The highest BCUT2D eigenvalue weighted by Crippen LogP contribution is 2.11. The summed E-state index contributed by atoms with van der Waals surface area (Å²) in [5, 5.41) is 5.42. The number of rotatable bonds is 6. The molecule has 128 valence electrons. The molecule has 5 heteroatoms. The number of benzene rings is 2. The van der Waals surface area contributed by atoms with Crippen LogP contribution in [0.25, 0.3) is 0 Å². The number of nitrogens with one attached hydrogen (secondary N) is 2. The summed E-state index contributed by atoms with van der Waals surface area (Å²) in [5.74, 6) is -0.738. The Morgan fingerprint density at radius 1 is 0.920 bits per heavy atom. The zero-order valence-electron chi connectivity index (χ0n) is 14.2. The van der Waals surface area contributed by atoms with E-state index in [2.05, 4.69) is 10.6 Å². The molecule has 0 aliphatic rings. The van der Waals surface area contributed by atoms with Crippen molar-refractivity contribution in [2.75, 3.05) is 5.32 Å². The fraction of sp³-hybridized carbons (Fsp3) is 0.150. The van der Waals surface area contributed by atoms with Gasteiger partial charge in [-0.25, -0.2) is 0 Å². The molecule has 0 aliphatic carbocycles. The van der Waals surface area contributed by atoms with E-state index < -0.39 is 0 Å². The number of Topliss-reactive ketones (excluding diaryl/α,β-unsaturated/α-hetero) is 1. The van der Waals surface area contributed by atoms with Crippen LogP contribution in [0.1, 0.15) is 29.8 Å². The van der Waals surface area contributed by atoms with E-state index >= 15 is 0 Å². The summed E-state index contributed by atoms with van der Waals surface area (Å²) >= 11 is 0. The van der Waals surface area contributed by atoms with E-state index in [0.29, 0.717) is 23.4 Å². The van der Waals surface area contributed by atoms with E-state index in [-0.39, 0.29) is 17.6 Å². The van der Waals surface area contributed by atoms with Crippen molar-refractivity contribution < 1.29 is 14.4 Å². The lowest BCUT2D eigenvalue weighted by Gasteiger charge is -2.07. The first-order valence-electron chi connectivity index (χ1n) is 7.88. The molecule has 0 aliphatic heterocycles. The SMILES string of the molecule is CC(=O)c1ccc(NC(=O)/C(C)=C\C(=O)NCc2ccccc2)cc1. The molecule has 0 atom stereocenters. The van der Waals surface area contributed by atoms with Gasteiger partial charge in [-0.3, -0.25) is 14.4 Å². The molecule has 0 saturated carbocycles. The van der Waals surface area contributed by atoms with Crippen molar-refractivity contribution in [2.24, 2.45) is 0 Å². The maximum absolute atomic E-state index is 12.1. The predicted molar refractivity (Wildman–Crippen MR) is 97.1 cm³/mol. The Kier molecular flexibility index (Phi) is 6.23. The van der Waals surface area contributed by atoms with Crippen molar-refractivity contribution in [1.82, 2.24) is 5.32 Å². The smallest absolute Gasteiger partial charge is 0.251 e. The Balaban J connectivity index is 1.90. The van der Waals surface area contributed by atoms with Gasteiger partial charge in [0, 0.05) is 29.4 Å². The van der Waals surface area contributed by atoms with Crippen molar-refractivity contribution >= 4 is 23.3 Å². The van der Waals surface area contributed by atoms with Gasteiger partial charge in [-0.15, -0.1) is 0 Å². The van der Waals surface area contributed by atoms with Gasteiger partial charge < -0.3 is 10.6 Å².